The standard InChI is InChI=1S/C23H21N3O2S/c1-28-19-14-8-13-18(15-19)25-22(17-11-6-3-7-12-17)23(27)20(24)21(26-29)16-9-4-2-5-10-16/h2-15,22,24-25,29H,1H3/b24-20?,26-21-. The molecule has 0 heterocycles. The summed E-state index contributed by atoms with van der Waals surface area (Å²) >= 11 is 4.00. The average Bonchev–Trinajstić information content (AvgIpc) is 2.79. The molecule has 29 heavy (non-hydrogen) atoms. The number of rotatable bonds is 8. The molecular weight excluding hydrogens is 382 g/mol. The molecule has 3 aromatic carbocycles. The van der Waals surface area contributed by atoms with Gasteiger partial charge in [-0.25, -0.2) is 4.40 Å². The van der Waals surface area contributed by atoms with Crippen molar-refractivity contribution in [3.8, 4) is 5.75 Å². The van der Waals surface area contributed by atoms with Gasteiger partial charge < -0.3 is 10.1 Å². The fourth-order valence-corrected chi connectivity index (χ4v) is 3.15. The van der Waals surface area contributed by atoms with E-state index in [9.17, 15) is 4.79 Å². The van der Waals surface area contributed by atoms with E-state index in [0.717, 1.165) is 5.56 Å². The molecule has 0 saturated carbocycles. The molecule has 2 N–H and O–H groups in total. The Hall–Kier alpha value is -3.38. The Morgan fingerprint density at radius 2 is 1.66 bits per heavy atom. The van der Waals surface area contributed by atoms with Gasteiger partial charge in [0.1, 0.15) is 23.2 Å². The van der Waals surface area contributed by atoms with Gasteiger partial charge >= 0.3 is 0 Å². The normalized spacial score (nSPS) is 12.1. The van der Waals surface area contributed by atoms with E-state index in [2.05, 4.69) is 22.5 Å². The van der Waals surface area contributed by atoms with Crippen molar-refractivity contribution < 1.29 is 9.53 Å². The molecule has 0 aliphatic rings. The van der Waals surface area contributed by atoms with E-state index in [1.807, 2.05) is 66.7 Å². The number of Topliss-reactive ketones (excluding diaryl/α,β-unsaturated/α-hetero) is 1. The zero-order valence-corrected chi connectivity index (χ0v) is 16.8. The summed E-state index contributed by atoms with van der Waals surface area (Å²) in [5, 5.41) is 11.8. The van der Waals surface area contributed by atoms with Crippen LogP contribution in [0.2, 0.25) is 0 Å². The highest BCUT2D eigenvalue weighted by molar-refractivity contribution is 7.79. The van der Waals surface area contributed by atoms with Gasteiger partial charge in [-0.2, -0.15) is 0 Å². The number of methoxy groups -OCH3 is 1. The monoisotopic (exact) mass is 403 g/mol. The van der Waals surface area contributed by atoms with Crippen LogP contribution < -0.4 is 10.1 Å². The third-order valence-corrected chi connectivity index (χ3v) is 4.61. The number of hydrogen-bond acceptors (Lipinski definition) is 6. The van der Waals surface area contributed by atoms with Crippen LogP contribution in [-0.4, -0.2) is 24.3 Å². The van der Waals surface area contributed by atoms with Crippen molar-refractivity contribution in [2.45, 2.75) is 6.04 Å². The summed E-state index contributed by atoms with van der Waals surface area (Å²) in [7, 11) is 1.59. The van der Waals surface area contributed by atoms with Crippen LogP contribution in [0.1, 0.15) is 17.2 Å². The van der Waals surface area contributed by atoms with E-state index in [4.69, 9.17) is 10.1 Å². The number of ether oxygens (including phenoxy) is 1. The summed E-state index contributed by atoms with van der Waals surface area (Å²) in [5.41, 5.74) is 2.14. The summed E-state index contributed by atoms with van der Waals surface area (Å²) in [5.74, 6) is 0.266. The predicted molar refractivity (Wildman–Crippen MR) is 120 cm³/mol. The maximum absolute atomic E-state index is 13.3. The van der Waals surface area contributed by atoms with Gasteiger partial charge in [-0.15, -0.1) is 0 Å². The van der Waals surface area contributed by atoms with Crippen molar-refractivity contribution in [3.05, 3.63) is 96.1 Å². The predicted octanol–water partition coefficient (Wildman–Crippen LogP) is 4.77. The van der Waals surface area contributed by atoms with Crippen LogP contribution in [0.3, 0.4) is 0 Å². The van der Waals surface area contributed by atoms with Crippen molar-refractivity contribution in [1.29, 1.82) is 5.41 Å². The quantitative estimate of drug-likeness (QED) is 0.375. The molecule has 0 aliphatic carbocycles. The lowest BCUT2D eigenvalue weighted by atomic mass is 9.94. The number of carbonyl (C=O) groups is 1. The number of carbonyl (C=O) groups excluding carboxylic acids is 1. The van der Waals surface area contributed by atoms with Crippen molar-refractivity contribution in [3.63, 3.8) is 0 Å². The van der Waals surface area contributed by atoms with Crippen LogP contribution in [0.5, 0.6) is 5.75 Å². The molecule has 0 spiro atoms. The summed E-state index contributed by atoms with van der Waals surface area (Å²) < 4.78 is 9.17. The highest BCUT2D eigenvalue weighted by Gasteiger charge is 2.27. The van der Waals surface area contributed by atoms with Crippen molar-refractivity contribution in [1.82, 2.24) is 0 Å². The largest absolute Gasteiger partial charge is 0.497 e. The maximum Gasteiger partial charge on any atom is 0.209 e. The molecule has 0 aliphatic heterocycles. The van der Waals surface area contributed by atoms with Gasteiger partial charge in [0.25, 0.3) is 0 Å². The Labute approximate surface area is 175 Å². The minimum Gasteiger partial charge on any atom is -0.497 e. The van der Waals surface area contributed by atoms with Gasteiger partial charge in [0.05, 0.1) is 7.11 Å². The molecule has 3 rings (SSSR count). The van der Waals surface area contributed by atoms with Crippen molar-refractivity contribution in [2.75, 3.05) is 12.4 Å². The van der Waals surface area contributed by atoms with Gasteiger partial charge in [-0.05, 0) is 30.5 Å². The lowest BCUT2D eigenvalue weighted by Crippen LogP contribution is -2.32. The molecule has 1 unspecified atom stereocenters. The Bertz CT molecular complexity index is 1020. The minimum atomic E-state index is -0.760. The third-order valence-electron chi connectivity index (χ3n) is 4.41. The van der Waals surface area contributed by atoms with E-state index in [0.29, 0.717) is 17.0 Å². The summed E-state index contributed by atoms with van der Waals surface area (Å²) in [6.07, 6.45) is 0. The van der Waals surface area contributed by atoms with E-state index in [1.165, 1.54) is 0 Å². The van der Waals surface area contributed by atoms with E-state index in [1.54, 1.807) is 25.3 Å². The van der Waals surface area contributed by atoms with Gasteiger partial charge in [0.15, 0.2) is 0 Å². The van der Waals surface area contributed by atoms with Crippen LogP contribution >= 0.6 is 12.8 Å². The molecular formula is C23H21N3O2S. The molecule has 0 amide bonds. The SMILES string of the molecule is COc1cccc(NC(C(=O)C(=N)/C(=N\S)c2ccccc2)c2ccccc2)c1. The van der Waals surface area contributed by atoms with E-state index in [-0.39, 0.29) is 11.4 Å². The van der Waals surface area contributed by atoms with Gasteiger partial charge in [-0.3, -0.25) is 10.2 Å². The number of nitrogens with zero attached hydrogens (tertiary/aromatic N) is 1. The molecule has 0 fully saturated rings. The van der Waals surface area contributed by atoms with Crippen LogP contribution in [-0.2, 0) is 4.79 Å². The second kappa shape index (κ2) is 9.71. The molecule has 0 bridgehead atoms. The van der Waals surface area contributed by atoms with Crippen molar-refractivity contribution >= 4 is 35.7 Å². The Kier molecular flexibility index (Phi) is 6.81. The fourth-order valence-electron chi connectivity index (χ4n) is 2.93. The first kappa shape index (κ1) is 20.4. The second-order valence-electron chi connectivity index (χ2n) is 6.27. The Morgan fingerprint density at radius 1 is 1.00 bits per heavy atom. The Morgan fingerprint density at radius 3 is 2.28 bits per heavy atom. The number of hydrogen-bond donors (Lipinski definition) is 3. The molecule has 0 radical (unpaired) electrons. The fraction of sp³-hybridized carbons (Fsp3) is 0.0870. The van der Waals surface area contributed by atoms with Gasteiger partial charge in [0.2, 0.25) is 5.78 Å². The molecule has 1 atom stereocenters. The highest BCUT2D eigenvalue weighted by Crippen LogP contribution is 2.24. The van der Waals surface area contributed by atoms with Gasteiger partial charge in [0, 0.05) is 17.3 Å². The molecule has 0 saturated heterocycles. The highest BCUT2D eigenvalue weighted by atomic mass is 32.1. The van der Waals surface area contributed by atoms with Crippen molar-refractivity contribution in [2.24, 2.45) is 4.40 Å². The molecule has 0 aromatic heterocycles. The first-order valence-corrected chi connectivity index (χ1v) is 9.40. The molecule has 146 valence electrons. The van der Waals surface area contributed by atoms with Crippen LogP contribution in [0.25, 0.3) is 0 Å². The smallest absolute Gasteiger partial charge is 0.209 e. The number of nitrogens with one attached hydrogen (secondary N) is 2. The zero-order valence-electron chi connectivity index (χ0n) is 15.9. The van der Waals surface area contributed by atoms with Crippen LogP contribution in [0.4, 0.5) is 5.69 Å². The number of thiol groups is 1. The first-order chi connectivity index (χ1) is 14.1. The molecule has 6 heteroatoms. The lowest BCUT2D eigenvalue weighted by Gasteiger charge is -2.20. The average molecular weight is 404 g/mol. The number of anilines is 1. The summed E-state index contributed by atoms with van der Waals surface area (Å²) in [4.78, 5) is 13.3. The third kappa shape index (κ3) is 4.92. The first-order valence-electron chi connectivity index (χ1n) is 9.00. The van der Waals surface area contributed by atoms with Gasteiger partial charge in [-0.1, -0.05) is 66.7 Å². The van der Waals surface area contributed by atoms with E-state index >= 15 is 0 Å². The minimum absolute atomic E-state index is 0.213. The lowest BCUT2D eigenvalue weighted by molar-refractivity contribution is -0.113. The van der Waals surface area contributed by atoms with Crippen LogP contribution in [0.15, 0.2) is 89.3 Å². The Balaban J connectivity index is 1.95. The second-order valence-corrected chi connectivity index (χ2v) is 6.47. The molecule has 5 nitrogen and oxygen atoms in total. The topological polar surface area (TPSA) is 74.5 Å². The summed E-state index contributed by atoms with van der Waals surface area (Å²) in [6.45, 7) is 0. The molecule has 3 aromatic rings. The number of benzene rings is 3. The zero-order chi connectivity index (χ0) is 20.6. The number of ketones is 1. The van der Waals surface area contributed by atoms with E-state index < -0.39 is 11.8 Å². The summed E-state index contributed by atoms with van der Waals surface area (Å²) in [6, 6.07) is 25.0. The van der Waals surface area contributed by atoms with Crippen LogP contribution in [0, 0.1) is 5.41 Å². The maximum atomic E-state index is 13.3.